The molecule has 1 aromatic carbocycles. The van der Waals surface area contributed by atoms with E-state index in [1.807, 2.05) is 37.3 Å². The first kappa shape index (κ1) is 11.0. The van der Waals surface area contributed by atoms with Crippen molar-refractivity contribution in [3.05, 3.63) is 35.9 Å². The molecule has 1 heterocycles. The Morgan fingerprint density at radius 2 is 2.25 bits per heavy atom. The van der Waals surface area contributed by atoms with E-state index in [1.54, 1.807) is 4.90 Å². The Kier molecular flexibility index (Phi) is 3.41. The summed E-state index contributed by atoms with van der Waals surface area (Å²) in [4.78, 5) is 13.5. The number of ether oxygens (including phenoxy) is 1. The highest BCUT2D eigenvalue weighted by Crippen LogP contribution is 2.09. The predicted octanol–water partition coefficient (Wildman–Crippen LogP) is 1.57. The molecule has 0 saturated carbocycles. The molecule has 1 aliphatic rings. The van der Waals surface area contributed by atoms with Crippen molar-refractivity contribution in [3.8, 4) is 0 Å². The summed E-state index contributed by atoms with van der Waals surface area (Å²) in [5.41, 5.74) is 1.10. The first-order valence-corrected chi connectivity index (χ1v) is 5.47. The summed E-state index contributed by atoms with van der Waals surface area (Å²) in [6, 6.07) is 9.80. The van der Waals surface area contributed by atoms with Gasteiger partial charge in [0.15, 0.2) is 0 Å². The summed E-state index contributed by atoms with van der Waals surface area (Å²) >= 11 is 0. The van der Waals surface area contributed by atoms with Gasteiger partial charge in [0.2, 0.25) is 0 Å². The zero-order valence-electron chi connectivity index (χ0n) is 9.35. The van der Waals surface area contributed by atoms with Crippen LogP contribution in [0.2, 0.25) is 0 Å². The van der Waals surface area contributed by atoms with E-state index < -0.39 is 0 Å². The number of rotatable bonds is 2. The zero-order chi connectivity index (χ0) is 11.4. The maximum absolute atomic E-state index is 11.8. The maximum atomic E-state index is 11.8. The van der Waals surface area contributed by atoms with Crippen LogP contribution in [0.15, 0.2) is 30.3 Å². The largest absolute Gasteiger partial charge is 0.357 e. The highest BCUT2D eigenvalue weighted by atomic mass is 16.5. The molecule has 0 radical (unpaired) electrons. The molecule has 4 nitrogen and oxygen atoms in total. The van der Waals surface area contributed by atoms with Crippen LogP contribution in [0, 0.1) is 0 Å². The van der Waals surface area contributed by atoms with E-state index in [9.17, 15) is 4.79 Å². The molecule has 1 unspecified atom stereocenters. The molecule has 1 aromatic rings. The van der Waals surface area contributed by atoms with Gasteiger partial charge in [-0.3, -0.25) is 4.90 Å². The molecule has 0 spiro atoms. The number of nitrogens with zero attached hydrogens (tertiary/aromatic N) is 1. The van der Waals surface area contributed by atoms with Gasteiger partial charge in [0.05, 0.1) is 6.61 Å². The van der Waals surface area contributed by atoms with Gasteiger partial charge in [0.25, 0.3) is 0 Å². The van der Waals surface area contributed by atoms with E-state index in [0.29, 0.717) is 19.7 Å². The van der Waals surface area contributed by atoms with Gasteiger partial charge in [-0.05, 0) is 12.5 Å². The average Bonchev–Trinajstić information content (AvgIpc) is 2.74. The van der Waals surface area contributed by atoms with Crippen molar-refractivity contribution >= 4 is 6.03 Å². The Labute approximate surface area is 95.2 Å². The second kappa shape index (κ2) is 4.99. The Hall–Kier alpha value is -1.55. The number of benzene rings is 1. The van der Waals surface area contributed by atoms with Gasteiger partial charge in [0.1, 0.15) is 6.23 Å². The van der Waals surface area contributed by atoms with Crippen LogP contribution in [0.25, 0.3) is 0 Å². The molecule has 2 rings (SSSR count). The van der Waals surface area contributed by atoms with E-state index in [0.717, 1.165) is 5.56 Å². The Bertz CT molecular complexity index is 353. The van der Waals surface area contributed by atoms with Crippen LogP contribution in [0.4, 0.5) is 4.79 Å². The monoisotopic (exact) mass is 220 g/mol. The maximum Gasteiger partial charge on any atom is 0.319 e. The van der Waals surface area contributed by atoms with Crippen LogP contribution in [-0.2, 0) is 11.3 Å². The minimum Gasteiger partial charge on any atom is -0.357 e. The third kappa shape index (κ3) is 2.52. The number of nitrogens with one attached hydrogen (secondary N) is 1. The molecular weight excluding hydrogens is 204 g/mol. The molecule has 0 aliphatic carbocycles. The first-order chi connectivity index (χ1) is 7.77. The van der Waals surface area contributed by atoms with Crippen molar-refractivity contribution in [3.63, 3.8) is 0 Å². The lowest BCUT2D eigenvalue weighted by Crippen LogP contribution is -2.41. The zero-order valence-corrected chi connectivity index (χ0v) is 9.35. The van der Waals surface area contributed by atoms with Crippen molar-refractivity contribution in [2.75, 3.05) is 13.2 Å². The number of urea groups is 1. The fourth-order valence-electron chi connectivity index (χ4n) is 1.74. The van der Waals surface area contributed by atoms with E-state index >= 15 is 0 Å². The van der Waals surface area contributed by atoms with Crippen LogP contribution in [-0.4, -0.2) is 30.3 Å². The van der Waals surface area contributed by atoms with Gasteiger partial charge in [0, 0.05) is 13.1 Å². The molecule has 2 amide bonds. The molecule has 4 heteroatoms. The van der Waals surface area contributed by atoms with Crippen LogP contribution in [0.3, 0.4) is 0 Å². The van der Waals surface area contributed by atoms with Gasteiger partial charge in [-0.2, -0.15) is 0 Å². The highest BCUT2D eigenvalue weighted by molar-refractivity contribution is 5.74. The van der Waals surface area contributed by atoms with Crippen LogP contribution >= 0.6 is 0 Å². The quantitative estimate of drug-likeness (QED) is 0.822. The number of amides is 2. The smallest absolute Gasteiger partial charge is 0.319 e. The molecule has 1 fully saturated rings. The summed E-state index contributed by atoms with van der Waals surface area (Å²) in [5, 5.41) is 2.88. The summed E-state index contributed by atoms with van der Waals surface area (Å²) in [5.74, 6) is 0. The van der Waals surface area contributed by atoms with Crippen molar-refractivity contribution in [2.45, 2.75) is 19.7 Å². The second-order valence-electron chi connectivity index (χ2n) is 3.81. The van der Waals surface area contributed by atoms with Gasteiger partial charge >= 0.3 is 6.03 Å². The fourth-order valence-corrected chi connectivity index (χ4v) is 1.74. The molecule has 1 saturated heterocycles. The van der Waals surface area contributed by atoms with Gasteiger partial charge in [-0.15, -0.1) is 0 Å². The second-order valence-corrected chi connectivity index (χ2v) is 3.81. The molecule has 16 heavy (non-hydrogen) atoms. The summed E-state index contributed by atoms with van der Waals surface area (Å²) in [6.07, 6.45) is -0.115. The fraction of sp³-hybridized carbons (Fsp3) is 0.417. The molecule has 0 aromatic heterocycles. The number of hydrogen-bond acceptors (Lipinski definition) is 2. The normalized spacial score (nSPS) is 19.8. The lowest BCUT2D eigenvalue weighted by molar-refractivity contribution is 0.0647. The number of hydrogen-bond donors (Lipinski definition) is 1. The minimum absolute atomic E-state index is 0.0612. The standard InChI is InChI=1S/C12H16N2O2/c1-10-14(7-8-16-10)12(15)13-9-11-5-3-2-4-6-11/h2-6,10H,7-9H2,1H3,(H,13,15). The van der Waals surface area contributed by atoms with Gasteiger partial charge in [-0.1, -0.05) is 30.3 Å². The third-order valence-electron chi connectivity index (χ3n) is 2.68. The van der Waals surface area contributed by atoms with Crippen molar-refractivity contribution in [1.29, 1.82) is 0 Å². The van der Waals surface area contributed by atoms with Gasteiger partial charge < -0.3 is 10.1 Å². The van der Waals surface area contributed by atoms with Gasteiger partial charge in [-0.25, -0.2) is 4.79 Å². The van der Waals surface area contributed by atoms with Crippen molar-refractivity contribution in [1.82, 2.24) is 10.2 Å². The third-order valence-corrected chi connectivity index (χ3v) is 2.68. The van der Waals surface area contributed by atoms with E-state index in [2.05, 4.69) is 5.32 Å². The summed E-state index contributed by atoms with van der Waals surface area (Å²) < 4.78 is 5.30. The molecule has 1 N–H and O–H groups in total. The van der Waals surface area contributed by atoms with Crippen molar-refractivity contribution in [2.24, 2.45) is 0 Å². The van der Waals surface area contributed by atoms with E-state index in [1.165, 1.54) is 0 Å². The lowest BCUT2D eigenvalue weighted by Gasteiger charge is -2.20. The Morgan fingerprint density at radius 3 is 2.88 bits per heavy atom. The highest BCUT2D eigenvalue weighted by Gasteiger charge is 2.25. The molecule has 86 valence electrons. The topological polar surface area (TPSA) is 41.6 Å². The summed E-state index contributed by atoms with van der Waals surface area (Å²) in [6.45, 7) is 3.74. The summed E-state index contributed by atoms with van der Waals surface area (Å²) in [7, 11) is 0. The Balaban J connectivity index is 1.84. The number of carbonyl (C=O) groups excluding carboxylic acids is 1. The molecule has 1 atom stereocenters. The molecular formula is C12H16N2O2. The van der Waals surface area contributed by atoms with E-state index in [4.69, 9.17) is 4.74 Å². The van der Waals surface area contributed by atoms with Crippen LogP contribution in [0.1, 0.15) is 12.5 Å². The minimum atomic E-state index is -0.115. The van der Waals surface area contributed by atoms with Crippen LogP contribution in [0.5, 0.6) is 0 Å². The Morgan fingerprint density at radius 1 is 1.50 bits per heavy atom. The number of carbonyl (C=O) groups is 1. The van der Waals surface area contributed by atoms with Crippen LogP contribution < -0.4 is 5.32 Å². The lowest BCUT2D eigenvalue weighted by atomic mass is 10.2. The predicted molar refractivity (Wildman–Crippen MR) is 60.8 cm³/mol. The molecule has 1 aliphatic heterocycles. The molecule has 0 bridgehead atoms. The van der Waals surface area contributed by atoms with Crippen molar-refractivity contribution < 1.29 is 9.53 Å². The average molecular weight is 220 g/mol. The van der Waals surface area contributed by atoms with E-state index in [-0.39, 0.29) is 12.3 Å². The first-order valence-electron chi connectivity index (χ1n) is 5.47. The SMILES string of the molecule is CC1OCCN1C(=O)NCc1ccccc1.